The fourth-order valence-electron chi connectivity index (χ4n) is 3.53. The lowest BCUT2D eigenvalue weighted by molar-refractivity contribution is -0.133. The number of rotatable bonds is 3. The number of amides is 1. The first kappa shape index (κ1) is 16.2. The van der Waals surface area contributed by atoms with E-state index in [9.17, 15) is 9.59 Å². The molecule has 4 heterocycles. The molecule has 0 radical (unpaired) electrons. The van der Waals surface area contributed by atoms with E-state index < -0.39 is 0 Å². The van der Waals surface area contributed by atoms with E-state index >= 15 is 0 Å². The lowest BCUT2D eigenvalue weighted by Gasteiger charge is -2.25. The first-order valence-corrected chi connectivity index (χ1v) is 9.12. The quantitative estimate of drug-likeness (QED) is 0.687. The van der Waals surface area contributed by atoms with Gasteiger partial charge in [0.05, 0.1) is 18.1 Å². The summed E-state index contributed by atoms with van der Waals surface area (Å²) in [5.41, 5.74) is 0.774. The molecule has 1 saturated heterocycles. The first-order valence-electron chi connectivity index (χ1n) is 8.24. The molecule has 1 aliphatic heterocycles. The van der Waals surface area contributed by atoms with Gasteiger partial charge in [-0.15, -0.1) is 21.5 Å². The zero-order valence-electron chi connectivity index (χ0n) is 14.5. The van der Waals surface area contributed by atoms with Crippen LogP contribution in [0.5, 0.6) is 0 Å². The summed E-state index contributed by atoms with van der Waals surface area (Å²) in [7, 11) is 5.29. The number of nitrogens with zero attached hydrogens (tertiary/aromatic N) is 6. The molecule has 0 aliphatic carbocycles. The second kappa shape index (κ2) is 5.92. The summed E-state index contributed by atoms with van der Waals surface area (Å²) in [6, 6.07) is 1.81. The van der Waals surface area contributed by atoms with Crippen LogP contribution in [-0.4, -0.2) is 61.6 Å². The van der Waals surface area contributed by atoms with E-state index in [1.54, 1.807) is 26.0 Å². The number of hydrogen-bond acceptors (Lipinski definition) is 6. The summed E-state index contributed by atoms with van der Waals surface area (Å²) in [4.78, 5) is 28.6. The minimum atomic E-state index is -0.118. The average Bonchev–Trinajstić information content (AvgIpc) is 3.31. The maximum absolute atomic E-state index is 12.4. The molecule has 4 rings (SSSR count). The number of hydrogen-bond donors (Lipinski definition) is 0. The second-order valence-electron chi connectivity index (χ2n) is 6.61. The maximum atomic E-state index is 12.4. The lowest BCUT2D eigenvalue weighted by Crippen LogP contribution is -2.42. The minimum Gasteiger partial charge on any atom is -0.347 e. The van der Waals surface area contributed by atoms with Crippen molar-refractivity contribution in [3.63, 3.8) is 0 Å². The highest BCUT2D eigenvalue weighted by Crippen LogP contribution is 2.23. The molecule has 0 bridgehead atoms. The van der Waals surface area contributed by atoms with E-state index in [4.69, 9.17) is 0 Å². The monoisotopic (exact) mass is 360 g/mol. The van der Waals surface area contributed by atoms with Crippen LogP contribution in [0, 0.1) is 0 Å². The van der Waals surface area contributed by atoms with Crippen LogP contribution in [0.3, 0.4) is 0 Å². The molecule has 1 unspecified atom stereocenters. The summed E-state index contributed by atoms with van der Waals surface area (Å²) < 4.78 is 4.16. The third kappa shape index (κ3) is 2.46. The standard InChI is InChI=1S/C16H20N6O2S/c1-19(2)14(23)11-5-4-7-21(11)9-12-17-18-16-20(3)15(24)13-10(22(12)16)6-8-25-13/h6,8,11H,4-5,7,9H2,1-3H3. The van der Waals surface area contributed by atoms with Crippen molar-refractivity contribution in [2.45, 2.75) is 25.4 Å². The Hall–Kier alpha value is -2.26. The van der Waals surface area contributed by atoms with Gasteiger partial charge in [-0.2, -0.15) is 0 Å². The Morgan fingerprint density at radius 1 is 1.40 bits per heavy atom. The average molecular weight is 360 g/mol. The van der Waals surface area contributed by atoms with Gasteiger partial charge in [0.25, 0.3) is 5.56 Å². The van der Waals surface area contributed by atoms with Crippen LogP contribution in [0.4, 0.5) is 0 Å². The van der Waals surface area contributed by atoms with Crippen molar-refractivity contribution in [2.75, 3.05) is 20.6 Å². The number of fused-ring (bicyclic) bond motifs is 3. The normalized spacial score (nSPS) is 18.4. The minimum absolute atomic E-state index is 0.0571. The van der Waals surface area contributed by atoms with Gasteiger partial charge in [-0.25, -0.2) is 0 Å². The van der Waals surface area contributed by atoms with Crippen molar-refractivity contribution < 1.29 is 4.79 Å². The van der Waals surface area contributed by atoms with Gasteiger partial charge in [-0.3, -0.25) is 23.5 Å². The van der Waals surface area contributed by atoms with Crippen molar-refractivity contribution in [1.29, 1.82) is 0 Å². The Morgan fingerprint density at radius 2 is 2.20 bits per heavy atom. The van der Waals surface area contributed by atoms with Gasteiger partial charge >= 0.3 is 0 Å². The van der Waals surface area contributed by atoms with E-state index in [2.05, 4.69) is 15.1 Å². The molecule has 9 heteroatoms. The van der Waals surface area contributed by atoms with Crippen LogP contribution in [0.15, 0.2) is 16.2 Å². The highest BCUT2D eigenvalue weighted by Gasteiger charge is 2.32. The molecule has 0 spiro atoms. The van der Waals surface area contributed by atoms with Crippen molar-refractivity contribution in [3.8, 4) is 0 Å². The molecule has 3 aromatic rings. The highest BCUT2D eigenvalue weighted by molar-refractivity contribution is 7.17. The fourth-order valence-corrected chi connectivity index (χ4v) is 4.38. The van der Waals surface area contributed by atoms with Gasteiger partial charge in [0.1, 0.15) is 4.70 Å². The van der Waals surface area contributed by atoms with Crippen molar-refractivity contribution in [2.24, 2.45) is 7.05 Å². The number of aryl methyl sites for hydroxylation is 1. The third-order valence-electron chi connectivity index (χ3n) is 4.83. The number of carbonyl (C=O) groups excluding carboxylic acids is 1. The predicted octanol–water partition coefficient (Wildman–Crippen LogP) is 0.695. The van der Waals surface area contributed by atoms with Crippen molar-refractivity contribution in [3.05, 3.63) is 27.6 Å². The van der Waals surface area contributed by atoms with Gasteiger partial charge in [-0.05, 0) is 30.8 Å². The molecule has 3 aromatic heterocycles. The largest absolute Gasteiger partial charge is 0.347 e. The molecule has 1 amide bonds. The van der Waals surface area contributed by atoms with Crippen LogP contribution < -0.4 is 5.56 Å². The van der Waals surface area contributed by atoms with Crippen molar-refractivity contribution in [1.82, 2.24) is 29.0 Å². The van der Waals surface area contributed by atoms with Gasteiger partial charge in [-0.1, -0.05) is 0 Å². The number of likely N-dealkylation sites (tertiary alicyclic amines) is 1. The van der Waals surface area contributed by atoms with Gasteiger partial charge in [0.15, 0.2) is 5.82 Å². The highest BCUT2D eigenvalue weighted by atomic mass is 32.1. The topological polar surface area (TPSA) is 75.7 Å². The molecule has 0 aromatic carbocycles. The number of carbonyl (C=O) groups is 1. The summed E-state index contributed by atoms with van der Waals surface area (Å²) in [6.07, 6.45) is 1.85. The van der Waals surface area contributed by atoms with Crippen molar-refractivity contribution >= 4 is 33.2 Å². The Labute approximate surface area is 148 Å². The van der Waals surface area contributed by atoms with E-state index in [1.165, 1.54) is 15.9 Å². The molecular formula is C16H20N6O2S. The molecule has 0 saturated carbocycles. The predicted molar refractivity (Wildman–Crippen MR) is 95.7 cm³/mol. The van der Waals surface area contributed by atoms with Gasteiger partial charge in [0.2, 0.25) is 11.7 Å². The van der Waals surface area contributed by atoms with E-state index in [0.717, 1.165) is 30.7 Å². The van der Waals surface area contributed by atoms with Gasteiger partial charge < -0.3 is 4.90 Å². The van der Waals surface area contributed by atoms with Crippen LogP contribution in [-0.2, 0) is 18.4 Å². The molecule has 132 valence electrons. The number of aromatic nitrogens is 4. The van der Waals surface area contributed by atoms with E-state index in [-0.39, 0.29) is 17.5 Å². The Morgan fingerprint density at radius 3 is 2.96 bits per heavy atom. The molecular weight excluding hydrogens is 340 g/mol. The molecule has 1 aliphatic rings. The van der Waals surface area contributed by atoms with Crippen LogP contribution in [0.25, 0.3) is 16.0 Å². The van der Waals surface area contributed by atoms with Crippen LogP contribution in [0.2, 0.25) is 0 Å². The third-order valence-corrected chi connectivity index (χ3v) is 5.72. The fraction of sp³-hybridized carbons (Fsp3) is 0.500. The second-order valence-corrected chi connectivity index (χ2v) is 7.53. The Bertz CT molecular complexity index is 1020. The summed E-state index contributed by atoms with van der Waals surface area (Å²) >= 11 is 1.42. The van der Waals surface area contributed by atoms with E-state index in [0.29, 0.717) is 17.0 Å². The van der Waals surface area contributed by atoms with E-state index in [1.807, 2.05) is 15.8 Å². The Balaban J connectivity index is 1.78. The summed E-state index contributed by atoms with van der Waals surface area (Å²) in [5, 5.41) is 10.4. The number of thiophene rings is 1. The zero-order valence-corrected chi connectivity index (χ0v) is 15.3. The van der Waals surface area contributed by atoms with Crippen LogP contribution >= 0.6 is 11.3 Å². The number of likely N-dealkylation sites (N-methyl/N-ethyl adjacent to an activating group) is 1. The zero-order chi connectivity index (χ0) is 17.7. The molecule has 1 atom stereocenters. The first-order chi connectivity index (χ1) is 12.0. The molecule has 1 fully saturated rings. The smallest absolute Gasteiger partial charge is 0.272 e. The Kier molecular flexibility index (Phi) is 3.84. The SMILES string of the molecule is CN(C)C(=O)C1CCCN1Cc1nnc2n(C)c(=O)c3sccc3n12. The molecule has 8 nitrogen and oxygen atoms in total. The molecule has 0 N–H and O–H groups in total. The summed E-state index contributed by atoms with van der Waals surface area (Å²) in [6.45, 7) is 1.40. The molecule has 25 heavy (non-hydrogen) atoms. The summed E-state index contributed by atoms with van der Waals surface area (Å²) in [5.74, 6) is 1.41. The van der Waals surface area contributed by atoms with Crippen LogP contribution in [0.1, 0.15) is 18.7 Å². The lowest BCUT2D eigenvalue weighted by atomic mass is 10.2. The maximum Gasteiger partial charge on any atom is 0.272 e. The van der Waals surface area contributed by atoms with Gasteiger partial charge in [0, 0.05) is 21.1 Å².